The molecule has 2 aromatic heterocycles. The molecule has 0 aliphatic carbocycles. The van der Waals surface area contributed by atoms with Gasteiger partial charge in [-0.3, -0.25) is 4.72 Å². The SMILES string of the molecule is Cc1ccc(C)c(NS(=O)(=O)c2ccc(-c3cnc(C)o3)s2)c1. The number of sulfonamides is 1. The summed E-state index contributed by atoms with van der Waals surface area (Å²) in [5.41, 5.74) is 2.47. The smallest absolute Gasteiger partial charge is 0.271 e. The quantitative estimate of drug-likeness (QED) is 0.769. The zero-order chi connectivity index (χ0) is 16.6. The molecule has 0 aliphatic rings. The molecule has 0 bridgehead atoms. The molecular formula is C16H16N2O3S2. The highest BCUT2D eigenvalue weighted by atomic mass is 32.2. The van der Waals surface area contributed by atoms with E-state index in [0.29, 0.717) is 17.3 Å². The van der Waals surface area contributed by atoms with E-state index in [2.05, 4.69) is 9.71 Å². The van der Waals surface area contributed by atoms with E-state index in [9.17, 15) is 8.42 Å². The first-order chi connectivity index (χ1) is 10.8. The lowest BCUT2D eigenvalue weighted by Crippen LogP contribution is -2.12. The molecule has 0 fully saturated rings. The number of hydrogen-bond acceptors (Lipinski definition) is 5. The van der Waals surface area contributed by atoms with Crippen LogP contribution >= 0.6 is 11.3 Å². The lowest BCUT2D eigenvalue weighted by atomic mass is 10.1. The van der Waals surface area contributed by atoms with Crippen LogP contribution in [0.1, 0.15) is 17.0 Å². The van der Waals surface area contributed by atoms with Crippen LogP contribution in [0.3, 0.4) is 0 Å². The fourth-order valence-corrected chi connectivity index (χ4v) is 4.49. The van der Waals surface area contributed by atoms with Gasteiger partial charge in [-0.1, -0.05) is 12.1 Å². The second kappa shape index (κ2) is 5.82. The van der Waals surface area contributed by atoms with Crippen molar-refractivity contribution in [2.45, 2.75) is 25.0 Å². The Morgan fingerprint density at radius 3 is 2.61 bits per heavy atom. The Kier molecular flexibility index (Phi) is 3.99. The molecule has 23 heavy (non-hydrogen) atoms. The van der Waals surface area contributed by atoms with Gasteiger partial charge >= 0.3 is 0 Å². The number of anilines is 1. The molecule has 0 saturated carbocycles. The van der Waals surface area contributed by atoms with Crippen molar-refractivity contribution in [2.75, 3.05) is 4.72 Å². The molecule has 0 spiro atoms. The molecule has 1 N–H and O–H groups in total. The maximum absolute atomic E-state index is 12.6. The van der Waals surface area contributed by atoms with Crippen molar-refractivity contribution in [1.82, 2.24) is 4.98 Å². The standard InChI is InChI=1S/C16H16N2O3S2/c1-10-4-5-11(2)13(8-10)18-23(19,20)16-7-6-15(22-16)14-9-17-12(3)21-14/h4-9,18H,1-3H3. The zero-order valence-corrected chi connectivity index (χ0v) is 14.6. The molecule has 0 unspecified atom stereocenters. The number of hydrogen-bond donors (Lipinski definition) is 1. The lowest BCUT2D eigenvalue weighted by Gasteiger charge is -2.10. The topological polar surface area (TPSA) is 72.2 Å². The Bertz CT molecular complexity index is 955. The molecule has 3 aromatic rings. The monoisotopic (exact) mass is 348 g/mol. The Labute approximate surface area is 139 Å². The number of nitrogens with one attached hydrogen (secondary N) is 1. The normalized spacial score (nSPS) is 11.6. The number of aromatic nitrogens is 1. The third-order valence-corrected chi connectivity index (χ3v) is 6.30. The van der Waals surface area contributed by atoms with Crippen LogP contribution in [0.15, 0.2) is 45.2 Å². The van der Waals surface area contributed by atoms with Crippen LogP contribution in [0.25, 0.3) is 10.6 Å². The number of benzene rings is 1. The van der Waals surface area contributed by atoms with E-state index in [4.69, 9.17) is 4.42 Å². The lowest BCUT2D eigenvalue weighted by molar-refractivity contribution is 0.535. The molecule has 0 atom stereocenters. The van der Waals surface area contributed by atoms with Crippen molar-refractivity contribution in [2.24, 2.45) is 0 Å². The van der Waals surface area contributed by atoms with Gasteiger partial charge in [0.2, 0.25) is 0 Å². The number of thiophene rings is 1. The minimum absolute atomic E-state index is 0.238. The van der Waals surface area contributed by atoms with Gasteiger partial charge in [-0.25, -0.2) is 13.4 Å². The first-order valence-corrected chi connectivity index (χ1v) is 9.28. The summed E-state index contributed by atoms with van der Waals surface area (Å²) in [6, 6.07) is 8.96. The van der Waals surface area contributed by atoms with Crippen molar-refractivity contribution in [3.63, 3.8) is 0 Å². The summed E-state index contributed by atoms with van der Waals surface area (Å²) in [4.78, 5) is 4.76. The third kappa shape index (κ3) is 3.30. The van der Waals surface area contributed by atoms with E-state index >= 15 is 0 Å². The minimum Gasteiger partial charge on any atom is -0.440 e. The van der Waals surface area contributed by atoms with Gasteiger partial charge in [-0.05, 0) is 43.2 Å². The fraction of sp³-hybridized carbons (Fsp3) is 0.188. The van der Waals surface area contributed by atoms with Crippen LogP contribution in [-0.4, -0.2) is 13.4 Å². The van der Waals surface area contributed by atoms with Gasteiger partial charge in [0, 0.05) is 6.92 Å². The highest BCUT2D eigenvalue weighted by Crippen LogP contribution is 2.32. The number of oxazole rings is 1. The first-order valence-electron chi connectivity index (χ1n) is 6.98. The predicted octanol–water partition coefficient (Wildman–Crippen LogP) is 4.13. The zero-order valence-electron chi connectivity index (χ0n) is 13.0. The van der Waals surface area contributed by atoms with Gasteiger partial charge in [0.05, 0.1) is 16.8 Å². The van der Waals surface area contributed by atoms with Gasteiger partial charge in [0.1, 0.15) is 4.21 Å². The van der Waals surface area contributed by atoms with Gasteiger partial charge < -0.3 is 4.42 Å². The van der Waals surface area contributed by atoms with Gasteiger partial charge in [-0.15, -0.1) is 11.3 Å². The molecule has 120 valence electrons. The summed E-state index contributed by atoms with van der Waals surface area (Å²) in [6.07, 6.45) is 1.59. The maximum atomic E-state index is 12.6. The van der Waals surface area contributed by atoms with Crippen molar-refractivity contribution in [3.8, 4) is 10.6 Å². The van der Waals surface area contributed by atoms with Crippen molar-refractivity contribution in [1.29, 1.82) is 0 Å². The number of aryl methyl sites for hydroxylation is 3. The second-order valence-corrected chi connectivity index (χ2v) is 8.28. The van der Waals surface area contributed by atoms with Crippen molar-refractivity contribution < 1.29 is 12.8 Å². The van der Waals surface area contributed by atoms with E-state index in [1.165, 1.54) is 0 Å². The third-order valence-electron chi connectivity index (χ3n) is 3.35. The van der Waals surface area contributed by atoms with E-state index in [1.54, 1.807) is 25.3 Å². The van der Waals surface area contributed by atoms with Gasteiger partial charge in [0.15, 0.2) is 11.7 Å². The summed E-state index contributed by atoms with van der Waals surface area (Å²) in [5, 5.41) is 0. The van der Waals surface area contributed by atoms with Crippen molar-refractivity contribution >= 4 is 27.0 Å². The summed E-state index contributed by atoms with van der Waals surface area (Å²) in [6.45, 7) is 5.54. The van der Waals surface area contributed by atoms with Crippen LogP contribution in [0, 0.1) is 20.8 Å². The fourth-order valence-electron chi connectivity index (χ4n) is 2.11. The van der Waals surface area contributed by atoms with Crippen LogP contribution in [0.5, 0.6) is 0 Å². The van der Waals surface area contributed by atoms with Crippen LogP contribution in [0.2, 0.25) is 0 Å². The van der Waals surface area contributed by atoms with E-state index in [1.807, 2.05) is 32.0 Å². The molecule has 0 radical (unpaired) electrons. The Morgan fingerprint density at radius 1 is 1.13 bits per heavy atom. The molecule has 0 saturated heterocycles. The first kappa shape index (κ1) is 15.8. The number of rotatable bonds is 4. The average molecular weight is 348 g/mol. The molecule has 0 aliphatic heterocycles. The highest BCUT2D eigenvalue weighted by molar-refractivity contribution is 7.94. The number of nitrogens with zero attached hydrogens (tertiary/aromatic N) is 1. The minimum atomic E-state index is -3.63. The Hall–Kier alpha value is -2.12. The van der Waals surface area contributed by atoms with Crippen molar-refractivity contribution in [3.05, 3.63) is 53.5 Å². The molecule has 3 rings (SSSR count). The van der Waals surface area contributed by atoms with E-state index < -0.39 is 10.0 Å². The van der Waals surface area contributed by atoms with Crippen LogP contribution in [0.4, 0.5) is 5.69 Å². The highest BCUT2D eigenvalue weighted by Gasteiger charge is 2.19. The molecular weight excluding hydrogens is 332 g/mol. The summed E-state index contributed by atoms with van der Waals surface area (Å²) < 4.78 is 33.5. The predicted molar refractivity (Wildman–Crippen MR) is 91.3 cm³/mol. The Morgan fingerprint density at radius 2 is 1.91 bits per heavy atom. The summed E-state index contributed by atoms with van der Waals surface area (Å²) in [5.74, 6) is 1.12. The second-order valence-electron chi connectivity index (χ2n) is 5.29. The van der Waals surface area contributed by atoms with Crippen LogP contribution < -0.4 is 4.72 Å². The Balaban J connectivity index is 1.91. The van der Waals surface area contributed by atoms with Gasteiger partial charge in [-0.2, -0.15) is 0 Å². The largest absolute Gasteiger partial charge is 0.440 e. The molecule has 5 nitrogen and oxygen atoms in total. The van der Waals surface area contributed by atoms with Crippen LogP contribution in [-0.2, 0) is 10.0 Å². The average Bonchev–Trinajstić information content (AvgIpc) is 3.11. The molecule has 0 amide bonds. The van der Waals surface area contributed by atoms with E-state index in [0.717, 1.165) is 27.3 Å². The molecule has 1 aromatic carbocycles. The maximum Gasteiger partial charge on any atom is 0.271 e. The summed E-state index contributed by atoms with van der Waals surface area (Å²) >= 11 is 1.15. The molecule has 7 heteroatoms. The van der Waals surface area contributed by atoms with E-state index in [-0.39, 0.29) is 4.21 Å². The van der Waals surface area contributed by atoms with Gasteiger partial charge in [0.25, 0.3) is 10.0 Å². The molecule has 2 heterocycles. The summed E-state index contributed by atoms with van der Waals surface area (Å²) in [7, 11) is -3.63.